The Morgan fingerprint density at radius 2 is 1.83 bits per heavy atom. The van der Waals surface area contributed by atoms with Crippen LogP contribution in [0, 0.1) is 5.82 Å². The van der Waals surface area contributed by atoms with Gasteiger partial charge < -0.3 is 5.11 Å². The largest absolute Gasteiger partial charge is 0.385 e. The lowest BCUT2D eigenvalue weighted by atomic mass is 10.0. The molecule has 1 aromatic carbocycles. The predicted molar refractivity (Wildman–Crippen MR) is 69.7 cm³/mol. The van der Waals surface area contributed by atoms with E-state index in [-0.39, 0.29) is 17.7 Å². The molecule has 0 fully saturated rings. The molecule has 2 atom stereocenters. The molecule has 0 bridgehead atoms. The van der Waals surface area contributed by atoms with Crippen molar-refractivity contribution in [2.24, 2.45) is 0 Å². The maximum absolute atomic E-state index is 12.8. The van der Waals surface area contributed by atoms with Gasteiger partial charge in [-0.3, -0.25) is 0 Å². The zero-order valence-corrected chi connectivity index (χ0v) is 11.8. The van der Waals surface area contributed by atoms with Gasteiger partial charge in [0.25, 0.3) is 0 Å². The third-order valence-electron chi connectivity index (χ3n) is 2.97. The van der Waals surface area contributed by atoms with E-state index in [1.54, 1.807) is 6.92 Å². The van der Waals surface area contributed by atoms with Gasteiger partial charge in [0.1, 0.15) is 11.9 Å². The molecule has 0 aliphatic carbocycles. The minimum absolute atomic E-state index is 0.0588. The number of halogens is 2. The first-order chi connectivity index (χ1) is 8.28. The van der Waals surface area contributed by atoms with Crippen LogP contribution in [0.15, 0.2) is 24.3 Å². The van der Waals surface area contributed by atoms with Gasteiger partial charge in [-0.15, -0.1) is 0 Å². The van der Waals surface area contributed by atoms with Crippen LogP contribution in [0.25, 0.3) is 0 Å². The molecular weight excluding hydrogens is 279 g/mol. The zero-order valence-electron chi connectivity index (χ0n) is 10.2. The summed E-state index contributed by atoms with van der Waals surface area (Å²) in [5.74, 6) is -0.622. The molecule has 0 aliphatic heterocycles. The molecule has 102 valence electrons. The van der Waals surface area contributed by atoms with Crippen molar-refractivity contribution in [3.63, 3.8) is 0 Å². The Bertz CT molecular complexity index is 501. The minimum Gasteiger partial charge on any atom is -0.385 e. The molecule has 1 N–H and O–H groups in total. The van der Waals surface area contributed by atoms with Crippen molar-refractivity contribution >= 4 is 21.4 Å². The van der Waals surface area contributed by atoms with Crippen LogP contribution in [0.1, 0.15) is 31.9 Å². The maximum Gasteiger partial charge on any atom is 0.175 e. The second-order valence-electron chi connectivity index (χ2n) is 4.00. The van der Waals surface area contributed by atoms with E-state index in [1.165, 1.54) is 19.1 Å². The zero-order chi connectivity index (χ0) is 14.0. The Morgan fingerprint density at radius 1 is 1.33 bits per heavy atom. The molecule has 3 nitrogen and oxygen atoms in total. The molecule has 0 aromatic heterocycles. The van der Waals surface area contributed by atoms with Gasteiger partial charge in [0, 0.05) is 5.75 Å². The number of benzene rings is 1. The monoisotopic (exact) mass is 294 g/mol. The van der Waals surface area contributed by atoms with Gasteiger partial charge in [-0.25, -0.2) is 12.8 Å². The molecule has 1 aromatic rings. The molecule has 1 rings (SSSR count). The Hall–Kier alpha value is -0.650. The van der Waals surface area contributed by atoms with Crippen molar-refractivity contribution in [2.75, 3.05) is 5.75 Å². The first-order valence-corrected chi connectivity index (χ1v) is 7.66. The smallest absolute Gasteiger partial charge is 0.175 e. The Labute approximate surface area is 112 Å². The average Bonchev–Trinajstić information content (AvgIpc) is 2.37. The molecular formula is C12H16ClFO3S. The lowest BCUT2D eigenvalue weighted by molar-refractivity contribution is 0.154. The van der Waals surface area contributed by atoms with Crippen molar-refractivity contribution in [3.8, 4) is 0 Å². The molecule has 0 amide bonds. The number of sulfone groups is 1. The molecule has 2 unspecified atom stereocenters. The molecule has 0 aliphatic rings. The van der Waals surface area contributed by atoms with Crippen molar-refractivity contribution in [1.29, 1.82) is 0 Å². The summed E-state index contributed by atoms with van der Waals surface area (Å²) in [7, 11) is -3.65. The summed E-state index contributed by atoms with van der Waals surface area (Å²) in [6, 6.07) is 4.98. The lowest BCUT2D eigenvalue weighted by Crippen LogP contribution is -2.39. The number of alkyl halides is 1. The van der Waals surface area contributed by atoms with E-state index in [0.717, 1.165) is 12.1 Å². The van der Waals surface area contributed by atoms with Crippen LogP contribution in [-0.4, -0.2) is 23.5 Å². The maximum atomic E-state index is 12.8. The second kappa shape index (κ2) is 5.55. The van der Waals surface area contributed by atoms with E-state index in [2.05, 4.69) is 0 Å². The van der Waals surface area contributed by atoms with Crippen LogP contribution in [0.3, 0.4) is 0 Å². The highest BCUT2D eigenvalue weighted by Gasteiger charge is 2.46. The van der Waals surface area contributed by atoms with Crippen molar-refractivity contribution in [1.82, 2.24) is 0 Å². The van der Waals surface area contributed by atoms with Crippen molar-refractivity contribution in [2.45, 2.75) is 30.6 Å². The SMILES string of the molecule is CCC(Cl)(C(O)c1ccc(F)cc1)S(=O)(=O)CC. The third-order valence-corrected chi connectivity index (χ3v) is 6.46. The first kappa shape index (κ1) is 15.4. The standard InChI is InChI=1S/C12H16ClFO3S/c1-3-12(13,18(16,17)4-2)11(15)9-5-7-10(14)8-6-9/h5-8,11,15H,3-4H2,1-2H3. The van der Waals surface area contributed by atoms with Gasteiger partial charge in [-0.05, 0) is 24.1 Å². The molecule has 0 spiro atoms. The second-order valence-corrected chi connectivity index (χ2v) is 7.43. The fourth-order valence-electron chi connectivity index (χ4n) is 1.72. The highest BCUT2D eigenvalue weighted by molar-refractivity contribution is 7.94. The third kappa shape index (κ3) is 2.68. The highest BCUT2D eigenvalue weighted by Crippen LogP contribution is 2.40. The summed E-state index contributed by atoms with van der Waals surface area (Å²) in [5.41, 5.74) is 0.283. The minimum atomic E-state index is -3.65. The Kier molecular flexibility index (Phi) is 4.75. The van der Waals surface area contributed by atoms with E-state index in [9.17, 15) is 17.9 Å². The topological polar surface area (TPSA) is 54.4 Å². The lowest BCUT2D eigenvalue weighted by Gasteiger charge is -2.30. The van der Waals surface area contributed by atoms with Crippen LogP contribution in [-0.2, 0) is 9.84 Å². The molecule has 0 saturated carbocycles. The molecule has 0 saturated heterocycles. The number of aliphatic hydroxyl groups is 1. The van der Waals surface area contributed by atoms with E-state index >= 15 is 0 Å². The quantitative estimate of drug-likeness (QED) is 0.850. The number of hydrogen-bond donors (Lipinski definition) is 1. The average molecular weight is 295 g/mol. The Morgan fingerprint density at radius 3 is 2.22 bits per heavy atom. The number of rotatable bonds is 5. The molecule has 0 heterocycles. The van der Waals surface area contributed by atoms with Crippen LogP contribution >= 0.6 is 11.6 Å². The summed E-state index contributed by atoms with van der Waals surface area (Å²) < 4.78 is 35.0. The van der Waals surface area contributed by atoms with E-state index in [0.29, 0.717) is 0 Å². The van der Waals surface area contributed by atoms with Crippen LogP contribution < -0.4 is 0 Å². The highest BCUT2D eigenvalue weighted by atomic mass is 35.5. The fraction of sp³-hybridized carbons (Fsp3) is 0.500. The molecule has 0 radical (unpaired) electrons. The van der Waals surface area contributed by atoms with Gasteiger partial charge >= 0.3 is 0 Å². The number of hydrogen-bond acceptors (Lipinski definition) is 3. The normalized spacial score (nSPS) is 17.2. The predicted octanol–water partition coefficient (Wildman–Crippen LogP) is 2.64. The van der Waals surface area contributed by atoms with Crippen molar-refractivity contribution in [3.05, 3.63) is 35.6 Å². The summed E-state index contributed by atoms with van der Waals surface area (Å²) in [4.78, 5) is 0. The fourth-order valence-corrected chi connectivity index (χ4v) is 3.57. The van der Waals surface area contributed by atoms with Gasteiger partial charge in [0.15, 0.2) is 14.0 Å². The Balaban J connectivity index is 3.21. The van der Waals surface area contributed by atoms with E-state index < -0.39 is 26.0 Å². The first-order valence-electron chi connectivity index (χ1n) is 5.63. The van der Waals surface area contributed by atoms with Gasteiger partial charge in [-0.1, -0.05) is 37.6 Å². The van der Waals surface area contributed by atoms with Gasteiger partial charge in [0.05, 0.1) is 0 Å². The summed E-state index contributed by atoms with van der Waals surface area (Å²) in [6.07, 6.45) is -1.33. The van der Waals surface area contributed by atoms with Gasteiger partial charge in [0.2, 0.25) is 0 Å². The number of aliphatic hydroxyl groups excluding tert-OH is 1. The van der Waals surface area contributed by atoms with E-state index in [4.69, 9.17) is 11.6 Å². The summed E-state index contributed by atoms with van der Waals surface area (Å²) in [6.45, 7) is 3.06. The summed E-state index contributed by atoms with van der Waals surface area (Å²) in [5, 5.41) is 10.2. The van der Waals surface area contributed by atoms with Gasteiger partial charge in [-0.2, -0.15) is 0 Å². The van der Waals surface area contributed by atoms with Crippen molar-refractivity contribution < 1.29 is 17.9 Å². The van der Waals surface area contributed by atoms with Crippen LogP contribution in [0.2, 0.25) is 0 Å². The van der Waals surface area contributed by atoms with Crippen LogP contribution in [0.4, 0.5) is 4.39 Å². The van der Waals surface area contributed by atoms with Crippen LogP contribution in [0.5, 0.6) is 0 Å². The summed E-state index contributed by atoms with van der Waals surface area (Å²) >= 11 is 6.11. The molecule has 6 heteroatoms. The van der Waals surface area contributed by atoms with E-state index in [1.807, 2.05) is 0 Å². The molecule has 18 heavy (non-hydrogen) atoms.